The zero-order valence-electron chi connectivity index (χ0n) is 14.0. The third-order valence-corrected chi connectivity index (χ3v) is 4.69. The molecule has 1 fully saturated rings. The van der Waals surface area contributed by atoms with Gasteiger partial charge < -0.3 is 10.6 Å². The van der Waals surface area contributed by atoms with E-state index in [-0.39, 0.29) is 11.9 Å². The topological polar surface area (TPSA) is 91.4 Å². The Morgan fingerprint density at radius 1 is 1.23 bits per heavy atom. The van der Waals surface area contributed by atoms with Gasteiger partial charge in [0.2, 0.25) is 11.9 Å². The van der Waals surface area contributed by atoms with Crippen molar-refractivity contribution in [3.05, 3.63) is 52.1 Å². The lowest BCUT2D eigenvalue weighted by Gasteiger charge is -2.15. The monoisotopic (exact) mass is 417 g/mol. The molecule has 0 saturated heterocycles. The van der Waals surface area contributed by atoms with E-state index in [0.29, 0.717) is 33.7 Å². The van der Waals surface area contributed by atoms with Crippen molar-refractivity contribution in [2.24, 2.45) is 0 Å². The zero-order valence-corrected chi connectivity index (χ0v) is 15.6. The van der Waals surface area contributed by atoms with Crippen molar-refractivity contribution in [1.29, 1.82) is 0 Å². The number of hydrogen-bond donors (Lipinski definition) is 3. The summed E-state index contributed by atoms with van der Waals surface area (Å²) >= 11 is 3.26. The van der Waals surface area contributed by atoms with Crippen LogP contribution in [0.25, 0.3) is 0 Å². The minimum atomic E-state index is -0.301. The van der Waals surface area contributed by atoms with Crippen molar-refractivity contribution in [2.75, 3.05) is 10.6 Å². The van der Waals surface area contributed by atoms with Crippen LogP contribution in [0.15, 0.2) is 35.1 Å². The van der Waals surface area contributed by atoms with Crippen LogP contribution >= 0.6 is 15.9 Å². The predicted molar refractivity (Wildman–Crippen MR) is 99.8 cm³/mol. The average Bonchev–Trinajstić information content (AvgIpc) is 3.35. The number of hydrogen-bond acceptors (Lipinski definition) is 6. The Bertz CT molecular complexity index is 925. The fourth-order valence-electron chi connectivity index (χ4n) is 2.67. The molecule has 1 aromatic carbocycles. The third kappa shape index (κ3) is 3.82. The largest absolute Gasteiger partial charge is 0.347 e. The molecule has 3 aromatic rings. The molecule has 1 atom stereocenters. The van der Waals surface area contributed by atoms with Gasteiger partial charge >= 0.3 is 0 Å². The van der Waals surface area contributed by atoms with E-state index in [4.69, 9.17) is 0 Å². The van der Waals surface area contributed by atoms with Gasteiger partial charge in [-0.1, -0.05) is 22.0 Å². The molecule has 0 bridgehead atoms. The molecule has 2 aromatic heterocycles. The van der Waals surface area contributed by atoms with Crippen LogP contribution in [-0.2, 0) is 0 Å². The van der Waals surface area contributed by atoms with Crippen LogP contribution in [0.4, 0.5) is 22.1 Å². The average molecular weight is 418 g/mol. The van der Waals surface area contributed by atoms with E-state index in [0.717, 1.165) is 5.69 Å². The lowest BCUT2D eigenvalue weighted by molar-refractivity contribution is 0.598. The Balaban J connectivity index is 1.46. The minimum Gasteiger partial charge on any atom is -0.347 e. The number of anilines is 3. The molecule has 0 radical (unpaired) electrons. The first-order valence-electron chi connectivity index (χ1n) is 8.31. The van der Waals surface area contributed by atoms with E-state index in [2.05, 4.69) is 51.7 Å². The number of benzene rings is 1. The highest BCUT2D eigenvalue weighted by Gasteiger charge is 2.25. The number of aromatic nitrogens is 5. The number of nitrogens with zero attached hydrogens (tertiary/aromatic N) is 4. The second kappa shape index (κ2) is 6.99. The number of H-pyrrole nitrogens is 1. The summed E-state index contributed by atoms with van der Waals surface area (Å²) in [5.74, 6) is 1.69. The van der Waals surface area contributed by atoms with E-state index in [1.54, 1.807) is 12.1 Å². The van der Waals surface area contributed by atoms with Gasteiger partial charge in [0, 0.05) is 27.7 Å². The first-order valence-corrected chi connectivity index (χ1v) is 9.10. The van der Waals surface area contributed by atoms with Gasteiger partial charge in [0.1, 0.15) is 12.1 Å². The van der Waals surface area contributed by atoms with E-state index in [1.807, 2.05) is 13.0 Å². The minimum absolute atomic E-state index is 0.295. The molecule has 1 aliphatic rings. The standard InChI is InChI=1S/C17H17BrFN7/c1-9(12-5-4-11(18)6-13(12)19)22-16-20-8-21-17(24-16)23-15-7-14(25-26-15)10-2-3-10/h4-10H,2-3H2,1H3,(H3,20,21,22,23,24,25,26). The Kier molecular flexibility index (Phi) is 4.54. The van der Waals surface area contributed by atoms with Gasteiger partial charge in [-0.15, -0.1) is 0 Å². The predicted octanol–water partition coefficient (Wildman–Crippen LogP) is 4.29. The first kappa shape index (κ1) is 16.9. The van der Waals surface area contributed by atoms with Crippen LogP contribution < -0.4 is 10.6 Å². The molecule has 0 spiro atoms. The third-order valence-electron chi connectivity index (χ3n) is 4.20. The highest BCUT2D eigenvalue weighted by Crippen LogP contribution is 2.39. The molecule has 1 unspecified atom stereocenters. The lowest BCUT2D eigenvalue weighted by atomic mass is 10.1. The summed E-state index contributed by atoms with van der Waals surface area (Å²) in [6.45, 7) is 1.85. The SMILES string of the molecule is CC(Nc1ncnc(Nc2cc(C3CC3)[nH]n2)n1)c1ccc(Br)cc1F. The summed E-state index contributed by atoms with van der Waals surface area (Å²) in [6.07, 6.45) is 3.80. The van der Waals surface area contributed by atoms with Crippen molar-refractivity contribution in [2.45, 2.75) is 31.7 Å². The van der Waals surface area contributed by atoms with E-state index in [1.165, 1.54) is 25.2 Å². The van der Waals surface area contributed by atoms with Gasteiger partial charge in [0.25, 0.3) is 0 Å². The van der Waals surface area contributed by atoms with Crippen LogP contribution in [0, 0.1) is 5.82 Å². The van der Waals surface area contributed by atoms with Gasteiger partial charge in [0.15, 0.2) is 5.82 Å². The summed E-state index contributed by atoms with van der Waals surface area (Å²) in [4.78, 5) is 12.5. The second-order valence-corrected chi connectivity index (χ2v) is 7.19. The Morgan fingerprint density at radius 3 is 2.81 bits per heavy atom. The smallest absolute Gasteiger partial charge is 0.233 e. The number of nitrogens with one attached hydrogen (secondary N) is 3. The quantitative estimate of drug-likeness (QED) is 0.553. The molecule has 26 heavy (non-hydrogen) atoms. The van der Waals surface area contributed by atoms with Gasteiger partial charge in [0.05, 0.1) is 6.04 Å². The maximum atomic E-state index is 14.1. The van der Waals surface area contributed by atoms with E-state index >= 15 is 0 Å². The summed E-state index contributed by atoms with van der Waals surface area (Å²) in [7, 11) is 0. The molecule has 7 nitrogen and oxygen atoms in total. The molecule has 9 heteroatoms. The molecule has 0 amide bonds. The highest BCUT2D eigenvalue weighted by atomic mass is 79.9. The molecule has 134 valence electrons. The maximum absolute atomic E-state index is 14.1. The molecule has 3 N–H and O–H groups in total. The van der Waals surface area contributed by atoms with E-state index < -0.39 is 0 Å². The van der Waals surface area contributed by atoms with Gasteiger partial charge in [-0.3, -0.25) is 5.10 Å². The Morgan fingerprint density at radius 2 is 2.04 bits per heavy atom. The lowest BCUT2D eigenvalue weighted by Crippen LogP contribution is -2.12. The van der Waals surface area contributed by atoms with Crippen LogP contribution in [-0.4, -0.2) is 25.1 Å². The van der Waals surface area contributed by atoms with Crippen LogP contribution in [0.2, 0.25) is 0 Å². The number of halogens is 2. The fourth-order valence-corrected chi connectivity index (χ4v) is 3.00. The summed E-state index contributed by atoms with van der Waals surface area (Å²) in [6, 6.07) is 6.62. The van der Waals surface area contributed by atoms with Gasteiger partial charge in [-0.25, -0.2) is 14.4 Å². The highest BCUT2D eigenvalue weighted by molar-refractivity contribution is 9.10. The molecular formula is C17H17BrFN7. The molecule has 4 rings (SSSR count). The van der Waals surface area contributed by atoms with Crippen LogP contribution in [0.1, 0.15) is 43.0 Å². The molecular weight excluding hydrogens is 401 g/mol. The maximum Gasteiger partial charge on any atom is 0.233 e. The molecule has 2 heterocycles. The summed E-state index contributed by atoms with van der Waals surface area (Å²) in [5.41, 5.74) is 1.66. The molecule has 1 saturated carbocycles. The zero-order chi connectivity index (χ0) is 18.1. The van der Waals surface area contributed by atoms with Crippen molar-refractivity contribution < 1.29 is 4.39 Å². The fraction of sp³-hybridized carbons (Fsp3) is 0.294. The summed E-state index contributed by atoms with van der Waals surface area (Å²) < 4.78 is 14.8. The van der Waals surface area contributed by atoms with Crippen LogP contribution in [0.3, 0.4) is 0 Å². The molecule has 1 aliphatic carbocycles. The first-order chi connectivity index (χ1) is 12.6. The van der Waals surface area contributed by atoms with Crippen molar-refractivity contribution in [3.63, 3.8) is 0 Å². The Hall–Kier alpha value is -2.55. The van der Waals surface area contributed by atoms with Crippen molar-refractivity contribution in [3.8, 4) is 0 Å². The van der Waals surface area contributed by atoms with Crippen molar-refractivity contribution >= 4 is 33.6 Å². The summed E-state index contributed by atoms with van der Waals surface area (Å²) in [5, 5.41) is 13.4. The Labute approximate surface area is 158 Å². The van der Waals surface area contributed by atoms with Crippen LogP contribution in [0.5, 0.6) is 0 Å². The van der Waals surface area contributed by atoms with E-state index in [9.17, 15) is 4.39 Å². The van der Waals surface area contributed by atoms with Crippen molar-refractivity contribution in [1.82, 2.24) is 25.1 Å². The molecule has 0 aliphatic heterocycles. The van der Waals surface area contributed by atoms with Gasteiger partial charge in [-0.2, -0.15) is 10.1 Å². The number of aromatic amines is 1. The number of rotatable bonds is 6. The van der Waals surface area contributed by atoms with Gasteiger partial charge in [-0.05, 0) is 31.9 Å². The second-order valence-electron chi connectivity index (χ2n) is 6.27. The normalized spacial score (nSPS) is 14.9.